The number of hydrogen-bond donors (Lipinski definition) is 1. The summed E-state index contributed by atoms with van der Waals surface area (Å²) < 4.78 is 20.0. The van der Waals surface area contributed by atoms with Crippen molar-refractivity contribution in [2.24, 2.45) is 7.05 Å². The second-order valence-corrected chi connectivity index (χ2v) is 3.93. The van der Waals surface area contributed by atoms with E-state index in [1.54, 1.807) is 12.1 Å². The third kappa shape index (κ3) is 2.42. The van der Waals surface area contributed by atoms with Crippen molar-refractivity contribution in [3.8, 4) is 5.75 Å². The van der Waals surface area contributed by atoms with Crippen molar-refractivity contribution >= 4 is 5.69 Å². The van der Waals surface area contributed by atoms with Crippen LogP contribution in [0.25, 0.3) is 0 Å². The molecule has 0 bridgehead atoms. The maximum Gasteiger partial charge on any atom is 0.165 e. The lowest BCUT2D eigenvalue weighted by atomic mass is 10.3. The Balaban J connectivity index is 2.08. The standard InChI is InChI=1S/C12H15FN4O/c1-8-15-16-12(17(8)2)7-14-9-4-5-10(13)11(6-9)18-3/h4-6,14H,7H2,1-3H3. The minimum Gasteiger partial charge on any atom is -0.494 e. The van der Waals surface area contributed by atoms with Crippen molar-refractivity contribution < 1.29 is 9.13 Å². The van der Waals surface area contributed by atoms with Crippen LogP contribution in [0.15, 0.2) is 18.2 Å². The predicted octanol–water partition coefficient (Wildman–Crippen LogP) is 1.88. The van der Waals surface area contributed by atoms with Crippen LogP contribution in [-0.4, -0.2) is 21.9 Å². The van der Waals surface area contributed by atoms with Gasteiger partial charge >= 0.3 is 0 Å². The van der Waals surface area contributed by atoms with Gasteiger partial charge in [0.2, 0.25) is 0 Å². The largest absolute Gasteiger partial charge is 0.494 e. The summed E-state index contributed by atoms with van der Waals surface area (Å²) in [7, 11) is 3.34. The normalized spacial score (nSPS) is 10.4. The first-order valence-corrected chi connectivity index (χ1v) is 5.54. The quantitative estimate of drug-likeness (QED) is 0.900. The number of benzene rings is 1. The maximum absolute atomic E-state index is 13.2. The number of aryl methyl sites for hydroxylation is 1. The van der Waals surface area contributed by atoms with E-state index in [0.29, 0.717) is 6.54 Å². The van der Waals surface area contributed by atoms with Crippen molar-refractivity contribution in [3.63, 3.8) is 0 Å². The number of hydrogen-bond acceptors (Lipinski definition) is 4. The molecular weight excluding hydrogens is 235 g/mol. The highest BCUT2D eigenvalue weighted by molar-refractivity contribution is 5.48. The average molecular weight is 250 g/mol. The molecule has 5 nitrogen and oxygen atoms in total. The van der Waals surface area contributed by atoms with E-state index in [-0.39, 0.29) is 11.6 Å². The summed E-state index contributed by atoms with van der Waals surface area (Å²) in [6, 6.07) is 4.63. The molecule has 1 N–H and O–H groups in total. The molecule has 1 aromatic heterocycles. The molecule has 0 atom stereocenters. The molecule has 2 rings (SSSR count). The van der Waals surface area contributed by atoms with Gasteiger partial charge in [-0.15, -0.1) is 10.2 Å². The second-order valence-electron chi connectivity index (χ2n) is 3.93. The molecule has 0 spiro atoms. The summed E-state index contributed by atoms with van der Waals surface area (Å²) in [5.41, 5.74) is 0.772. The second kappa shape index (κ2) is 5.03. The Morgan fingerprint density at radius 3 is 2.78 bits per heavy atom. The van der Waals surface area contributed by atoms with Crippen LogP contribution >= 0.6 is 0 Å². The van der Waals surface area contributed by atoms with Crippen LogP contribution in [0.3, 0.4) is 0 Å². The topological polar surface area (TPSA) is 52.0 Å². The van der Waals surface area contributed by atoms with Crippen LogP contribution in [0.2, 0.25) is 0 Å². The highest BCUT2D eigenvalue weighted by atomic mass is 19.1. The summed E-state index contributed by atoms with van der Waals surface area (Å²) in [5.74, 6) is 1.51. The van der Waals surface area contributed by atoms with Gasteiger partial charge in [0.05, 0.1) is 13.7 Å². The summed E-state index contributed by atoms with van der Waals surface area (Å²) in [6.07, 6.45) is 0. The molecule has 2 aromatic rings. The number of ether oxygens (including phenoxy) is 1. The van der Waals surface area contributed by atoms with Crippen molar-refractivity contribution in [3.05, 3.63) is 35.7 Å². The fraction of sp³-hybridized carbons (Fsp3) is 0.333. The van der Waals surface area contributed by atoms with E-state index in [4.69, 9.17) is 4.74 Å². The molecule has 0 fully saturated rings. The van der Waals surface area contributed by atoms with Gasteiger partial charge in [-0.2, -0.15) is 0 Å². The van der Waals surface area contributed by atoms with Crippen LogP contribution < -0.4 is 10.1 Å². The summed E-state index contributed by atoms with van der Waals surface area (Å²) in [5, 5.41) is 11.1. The molecule has 0 aliphatic heterocycles. The fourth-order valence-electron chi connectivity index (χ4n) is 1.56. The Morgan fingerprint density at radius 1 is 1.39 bits per heavy atom. The third-order valence-electron chi connectivity index (χ3n) is 2.78. The zero-order valence-corrected chi connectivity index (χ0v) is 10.6. The average Bonchev–Trinajstić information content (AvgIpc) is 2.69. The molecule has 0 saturated heterocycles. The Kier molecular flexibility index (Phi) is 3.45. The monoisotopic (exact) mass is 250 g/mol. The van der Waals surface area contributed by atoms with Gasteiger partial charge in [0, 0.05) is 18.8 Å². The van der Waals surface area contributed by atoms with E-state index in [1.807, 2.05) is 18.5 Å². The first kappa shape index (κ1) is 12.3. The van der Waals surface area contributed by atoms with Gasteiger partial charge in [0.15, 0.2) is 17.4 Å². The van der Waals surface area contributed by atoms with Gasteiger partial charge < -0.3 is 14.6 Å². The third-order valence-corrected chi connectivity index (χ3v) is 2.78. The van der Waals surface area contributed by atoms with Crippen LogP contribution in [0, 0.1) is 12.7 Å². The van der Waals surface area contributed by atoms with Gasteiger partial charge in [0.1, 0.15) is 5.82 Å². The number of halogens is 1. The number of rotatable bonds is 4. The highest BCUT2D eigenvalue weighted by Gasteiger charge is 2.06. The van der Waals surface area contributed by atoms with E-state index in [2.05, 4.69) is 15.5 Å². The number of nitrogens with one attached hydrogen (secondary N) is 1. The van der Waals surface area contributed by atoms with Gasteiger partial charge in [-0.1, -0.05) is 0 Å². The van der Waals surface area contributed by atoms with Crippen molar-refractivity contribution in [2.45, 2.75) is 13.5 Å². The first-order valence-electron chi connectivity index (χ1n) is 5.54. The SMILES string of the molecule is COc1cc(NCc2nnc(C)n2C)ccc1F. The number of nitrogens with zero attached hydrogens (tertiary/aromatic N) is 3. The van der Waals surface area contributed by atoms with Gasteiger partial charge in [-0.05, 0) is 19.1 Å². The van der Waals surface area contributed by atoms with E-state index in [9.17, 15) is 4.39 Å². The molecule has 18 heavy (non-hydrogen) atoms. The number of anilines is 1. The number of methoxy groups -OCH3 is 1. The molecule has 0 aliphatic rings. The molecule has 0 amide bonds. The molecule has 0 aliphatic carbocycles. The number of aromatic nitrogens is 3. The first-order chi connectivity index (χ1) is 8.61. The van der Waals surface area contributed by atoms with E-state index < -0.39 is 0 Å². The molecule has 96 valence electrons. The fourth-order valence-corrected chi connectivity index (χ4v) is 1.56. The van der Waals surface area contributed by atoms with Crippen molar-refractivity contribution in [2.75, 3.05) is 12.4 Å². The van der Waals surface area contributed by atoms with Gasteiger partial charge in [-0.3, -0.25) is 0 Å². The Hall–Kier alpha value is -2.11. The molecule has 1 heterocycles. The minimum atomic E-state index is -0.377. The molecular formula is C12H15FN4O. The zero-order chi connectivity index (χ0) is 13.1. The van der Waals surface area contributed by atoms with Crippen molar-refractivity contribution in [1.29, 1.82) is 0 Å². The molecule has 0 radical (unpaired) electrons. The van der Waals surface area contributed by atoms with E-state index in [1.165, 1.54) is 13.2 Å². The van der Waals surface area contributed by atoms with Crippen molar-refractivity contribution in [1.82, 2.24) is 14.8 Å². The van der Waals surface area contributed by atoms with Crippen LogP contribution in [0.5, 0.6) is 5.75 Å². The minimum absolute atomic E-state index is 0.217. The predicted molar refractivity (Wildman–Crippen MR) is 66.0 cm³/mol. The smallest absolute Gasteiger partial charge is 0.165 e. The Labute approximate surface area is 105 Å². The summed E-state index contributed by atoms with van der Waals surface area (Å²) >= 11 is 0. The lowest BCUT2D eigenvalue weighted by Crippen LogP contribution is -2.07. The summed E-state index contributed by atoms with van der Waals surface area (Å²) in [4.78, 5) is 0. The van der Waals surface area contributed by atoms with Gasteiger partial charge in [0.25, 0.3) is 0 Å². The zero-order valence-electron chi connectivity index (χ0n) is 10.6. The lowest BCUT2D eigenvalue weighted by molar-refractivity contribution is 0.387. The molecule has 1 aromatic carbocycles. The van der Waals surface area contributed by atoms with E-state index in [0.717, 1.165) is 17.3 Å². The van der Waals surface area contributed by atoms with Gasteiger partial charge in [-0.25, -0.2) is 4.39 Å². The van der Waals surface area contributed by atoms with Crippen LogP contribution in [0.1, 0.15) is 11.6 Å². The highest BCUT2D eigenvalue weighted by Crippen LogP contribution is 2.21. The summed E-state index contributed by atoms with van der Waals surface area (Å²) in [6.45, 7) is 2.41. The molecule has 0 saturated carbocycles. The molecule has 6 heteroatoms. The lowest BCUT2D eigenvalue weighted by Gasteiger charge is -2.08. The maximum atomic E-state index is 13.2. The molecule has 0 unspecified atom stereocenters. The van der Waals surface area contributed by atoms with Crippen LogP contribution in [0.4, 0.5) is 10.1 Å². The van der Waals surface area contributed by atoms with E-state index >= 15 is 0 Å². The van der Waals surface area contributed by atoms with Crippen LogP contribution in [-0.2, 0) is 13.6 Å². The Morgan fingerprint density at radius 2 is 2.17 bits per heavy atom. The Bertz CT molecular complexity index is 553.